The molecule has 0 N–H and O–H groups in total. The molecule has 0 spiro atoms. The van der Waals surface area contributed by atoms with Crippen molar-refractivity contribution in [3.63, 3.8) is 0 Å². The number of fused-ring (bicyclic) bond motifs is 4. The fraction of sp³-hybridized carbons (Fsp3) is 0.174. The maximum atomic E-state index is 6.39. The van der Waals surface area contributed by atoms with Gasteiger partial charge in [0.15, 0.2) is 11.5 Å². The maximum absolute atomic E-state index is 6.39. The van der Waals surface area contributed by atoms with E-state index >= 15 is 0 Å². The Morgan fingerprint density at radius 1 is 0.897 bits per heavy atom. The van der Waals surface area contributed by atoms with Crippen molar-refractivity contribution in [2.45, 2.75) is 18.7 Å². The van der Waals surface area contributed by atoms with Crippen LogP contribution in [-0.4, -0.2) is 17.5 Å². The van der Waals surface area contributed by atoms with Crippen LogP contribution in [0.15, 0.2) is 71.8 Å². The van der Waals surface area contributed by atoms with E-state index in [2.05, 4.69) is 12.1 Å². The molecular weight excluding hydrogens is 388 g/mol. The Morgan fingerprint density at radius 2 is 1.72 bits per heavy atom. The van der Waals surface area contributed by atoms with Crippen LogP contribution in [0.1, 0.15) is 35.4 Å². The Bertz CT molecular complexity index is 1130. The number of hydrogen-bond donors (Lipinski definition) is 0. The van der Waals surface area contributed by atoms with Gasteiger partial charge >= 0.3 is 0 Å². The highest BCUT2D eigenvalue weighted by Crippen LogP contribution is 2.49. The zero-order valence-corrected chi connectivity index (χ0v) is 16.2. The van der Waals surface area contributed by atoms with Crippen LogP contribution in [-0.2, 0) is 0 Å². The minimum Gasteiger partial charge on any atom is -0.464 e. The van der Waals surface area contributed by atoms with Crippen molar-refractivity contribution in [2.24, 2.45) is 5.10 Å². The first-order chi connectivity index (χ1) is 14.3. The molecule has 3 aliphatic heterocycles. The lowest BCUT2D eigenvalue weighted by atomic mass is 9.96. The summed E-state index contributed by atoms with van der Waals surface area (Å²) in [5, 5.41) is 7.71. The summed E-state index contributed by atoms with van der Waals surface area (Å²) in [6.07, 6.45) is 0.436. The molecule has 0 saturated carbocycles. The maximum Gasteiger partial charge on any atom is 0.231 e. The summed E-state index contributed by atoms with van der Waals surface area (Å²) in [5.74, 6) is 2.32. The minimum absolute atomic E-state index is 0.0584. The van der Waals surface area contributed by atoms with E-state index in [0.29, 0.717) is 5.02 Å². The predicted octanol–water partition coefficient (Wildman–Crippen LogP) is 5.31. The lowest BCUT2D eigenvalue weighted by Crippen LogP contribution is -2.33. The first-order valence-electron chi connectivity index (χ1n) is 9.53. The lowest BCUT2D eigenvalue weighted by molar-refractivity contribution is -0.0191. The SMILES string of the molecule is Clc1ccc2c(c1)[C@H]1CC(c3ccccc3)=NN1[C@H](c1ccc3c(c1)OCO3)O2. The molecule has 0 amide bonds. The largest absolute Gasteiger partial charge is 0.464 e. The summed E-state index contributed by atoms with van der Waals surface area (Å²) >= 11 is 6.30. The van der Waals surface area contributed by atoms with E-state index in [1.807, 2.05) is 59.6 Å². The summed E-state index contributed by atoms with van der Waals surface area (Å²) in [7, 11) is 0. The van der Waals surface area contributed by atoms with Crippen LogP contribution in [0.25, 0.3) is 0 Å². The van der Waals surface area contributed by atoms with Crippen molar-refractivity contribution in [1.82, 2.24) is 5.01 Å². The van der Waals surface area contributed by atoms with Crippen molar-refractivity contribution in [1.29, 1.82) is 0 Å². The van der Waals surface area contributed by atoms with Crippen molar-refractivity contribution in [2.75, 3.05) is 6.79 Å². The van der Waals surface area contributed by atoms with Gasteiger partial charge in [0, 0.05) is 22.6 Å². The molecule has 6 heteroatoms. The third-order valence-corrected chi connectivity index (χ3v) is 5.78. The molecule has 0 bridgehead atoms. The Balaban J connectivity index is 1.46. The molecule has 6 rings (SSSR count). The van der Waals surface area contributed by atoms with Crippen LogP contribution in [0.3, 0.4) is 0 Å². The van der Waals surface area contributed by atoms with E-state index in [-0.39, 0.29) is 19.1 Å². The van der Waals surface area contributed by atoms with Gasteiger partial charge in [-0.3, -0.25) is 0 Å². The van der Waals surface area contributed by atoms with Gasteiger partial charge in [0.2, 0.25) is 13.0 Å². The summed E-state index contributed by atoms with van der Waals surface area (Å²) in [4.78, 5) is 0. The van der Waals surface area contributed by atoms with Crippen LogP contribution in [0.4, 0.5) is 0 Å². The molecular formula is C23H17ClN2O3. The van der Waals surface area contributed by atoms with Crippen LogP contribution in [0.5, 0.6) is 17.2 Å². The number of hydrazone groups is 1. The smallest absolute Gasteiger partial charge is 0.231 e. The Labute approximate surface area is 173 Å². The molecule has 29 heavy (non-hydrogen) atoms. The number of hydrogen-bond acceptors (Lipinski definition) is 5. The van der Waals surface area contributed by atoms with E-state index in [0.717, 1.165) is 46.1 Å². The van der Waals surface area contributed by atoms with Crippen molar-refractivity contribution < 1.29 is 14.2 Å². The molecule has 0 aliphatic carbocycles. The summed E-state index contributed by atoms with van der Waals surface area (Å²) in [5.41, 5.74) is 4.19. The van der Waals surface area contributed by atoms with Gasteiger partial charge in [-0.05, 0) is 42.0 Å². The second-order valence-corrected chi connectivity index (χ2v) is 7.71. The highest BCUT2D eigenvalue weighted by atomic mass is 35.5. The molecule has 0 saturated heterocycles. The highest BCUT2D eigenvalue weighted by Gasteiger charge is 2.41. The quantitative estimate of drug-likeness (QED) is 0.580. The van der Waals surface area contributed by atoms with E-state index in [1.165, 1.54) is 0 Å². The first kappa shape index (κ1) is 16.7. The van der Waals surface area contributed by atoms with E-state index in [1.54, 1.807) is 0 Å². The second kappa shape index (κ2) is 6.42. The molecule has 0 radical (unpaired) electrons. The van der Waals surface area contributed by atoms with Crippen molar-refractivity contribution in [3.05, 3.63) is 88.4 Å². The van der Waals surface area contributed by atoms with E-state index in [9.17, 15) is 0 Å². The average molecular weight is 405 g/mol. The number of ether oxygens (including phenoxy) is 3. The van der Waals surface area contributed by atoms with Gasteiger partial charge < -0.3 is 14.2 Å². The van der Waals surface area contributed by atoms with Gasteiger partial charge in [0.05, 0.1) is 11.8 Å². The topological polar surface area (TPSA) is 43.3 Å². The average Bonchev–Trinajstić information content (AvgIpc) is 3.41. The zero-order valence-electron chi connectivity index (χ0n) is 15.4. The third kappa shape index (κ3) is 2.73. The number of benzene rings is 3. The van der Waals surface area contributed by atoms with Crippen LogP contribution in [0, 0.1) is 0 Å². The van der Waals surface area contributed by atoms with Gasteiger partial charge in [-0.2, -0.15) is 5.10 Å². The molecule has 2 atom stereocenters. The third-order valence-electron chi connectivity index (χ3n) is 5.54. The monoisotopic (exact) mass is 404 g/mol. The first-order valence-corrected chi connectivity index (χ1v) is 9.91. The van der Waals surface area contributed by atoms with Gasteiger partial charge in [0.1, 0.15) is 5.75 Å². The minimum atomic E-state index is -0.357. The molecule has 5 nitrogen and oxygen atoms in total. The molecule has 3 aromatic rings. The highest BCUT2D eigenvalue weighted by molar-refractivity contribution is 6.30. The zero-order chi connectivity index (χ0) is 19.4. The number of halogens is 1. The van der Waals surface area contributed by atoms with Crippen LogP contribution < -0.4 is 14.2 Å². The van der Waals surface area contributed by atoms with Gasteiger partial charge in [0.25, 0.3) is 0 Å². The van der Waals surface area contributed by atoms with E-state index < -0.39 is 0 Å². The van der Waals surface area contributed by atoms with Crippen LogP contribution >= 0.6 is 11.6 Å². The van der Waals surface area contributed by atoms with E-state index in [4.69, 9.17) is 30.9 Å². The Morgan fingerprint density at radius 3 is 2.62 bits per heavy atom. The normalized spacial score (nSPS) is 21.3. The molecule has 144 valence electrons. The summed E-state index contributed by atoms with van der Waals surface area (Å²) < 4.78 is 17.4. The standard InChI is InChI=1S/C23H17ClN2O3/c24-16-7-9-20-17(11-16)19-12-18(14-4-2-1-3-5-14)25-26(19)23(29-20)15-6-8-21-22(10-15)28-13-27-21/h1-11,19,23H,12-13H2/t19-,23+/m1/s1. The Hall–Kier alpha value is -3.18. The molecule has 0 fully saturated rings. The van der Waals surface area contributed by atoms with Crippen molar-refractivity contribution >= 4 is 17.3 Å². The number of nitrogens with zero attached hydrogens (tertiary/aromatic N) is 2. The van der Waals surface area contributed by atoms with Gasteiger partial charge in [-0.15, -0.1) is 0 Å². The fourth-order valence-corrected chi connectivity index (χ4v) is 4.33. The second-order valence-electron chi connectivity index (χ2n) is 7.28. The lowest BCUT2D eigenvalue weighted by Gasteiger charge is -2.38. The Kier molecular flexibility index (Phi) is 3.71. The van der Waals surface area contributed by atoms with Gasteiger partial charge in [-0.25, -0.2) is 5.01 Å². The molecule has 0 aromatic heterocycles. The summed E-state index contributed by atoms with van der Waals surface area (Å²) in [6, 6.07) is 22.0. The van der Waals surface area contributed by atoms with Crippen LogP contribution in [0.2, 0.25) is 5.02 Å². The van der Waals surface area contributed by atoms with Gasteiger partial charge in [-0.1, -0.05) is 41.9 Å². The molecule has 3 heterocycles. The molecule has 0 unspecified atom stereocenters. The summed E-state index contributed by atoms with van der Waals surface area (Å²) in [6.45, 7) is 0.244. The number of rotatable bonds is 2. The van der Waals surface area contributed by atoms with Crippen molar-refractivity contribution in [3.8, 4) is 17.2 Å². The molecule has 3 aliphatic rings. The molecule has 3 aromatic carbocycles. The predicted molar refractivity (Wildman–Crippen MR) is 110 cm³/mol. The fourth-order valence-electron chi connectivity index (χ4n) is 4.15.